The molecule has 5 heteroatoms. The van der Waals surface area contributed by atoms with Crippen LogP contribution in [0.1, 0.15) is 25.0 Å². The highest BCUT2D eigenvalue weighted by atomic mass is 32.2. The molecule has 0 radical (unpaired) electrons. The Morgan fingerprint density at radius 3 is 2.42 bits per heavy atom. The van der Waals surface area contributed by atoms with Gasteiger partial charge in [-0.3, -0.25) is 0 Å². The monoisotopic (exact) mass is 283 g/mol. The minimum atomic E-state index is -3.17. The Morgan fingerprint density at radius 2 is 1.95 bits per heavy atom. The summed E-state index contributed by atoms with van der Waals surface area (Å²) in [5.74, 6) is 1.55. The van der Waals surface area contributed by atoms with Crippen LogP contribution in [0.3, 0.4) is 0 Å². The molecule has 0 spiro atoms. The van der Waals surface area contributed by atoms with Gasteiger partial charge in [-0.15, -0.1) is 0 Å². The molecule has 3 atom stereocenters. The van der Waals surface area contributed by atoms with Crippen LogP contribution in [0.15, 0.2) is 29.2 Å². The number of aliphatic hydroxyl groups excluding tert-OH is 1. The first kappa shape index (κ1) is 14.5. The average Bonchev–Trinajstić information content (AvgIpc) is 3.04. The predicted octanol–water partition coefficient (Wildman–Crippen LogP) is 1.37. The number of hydrogen-bond donors (Lipinski definition) is 2. The van der Waals surface area contributed by atoms with Gasteiger partial charge in [0.05, 0.1) is 11.0 Å². The maximum atomic E-state index is 11.3. The van der Waals surface area contributed by atoms with Gasteiger partial charge in [0.2, 0.25) is 0 Å². The maximum absolute atomic E-state index is 11.3. The highest BCUT2D eigenvalue weighted by molar-refractivity contribution is 7.90. The molecule has 4 nitrogen and oxygen atoms in total. The van der Waals surface area contributed by atoms with Gasteiger partial charge in [-0.1, -0.05) is 19.1 Å². The third-order valence-electron chi connectivity index (χ3n) is 3.71. The van der Waals surface area contributed by atoms with Crippen molar-refractivity contribution in [3.63, 3.8) is 0 Å². The lowest BCUT2D eigenvalue weighted by Gasteiger charge is -2.12. The first-order chi connectivity index (χ1) is 8.88. The van der Waals surface area contributed by atoms with Crippen molar-refractivity contribution >= 4 is 9.84 Å². The van der Waals surface area contributed by atoms with E-state index in [0.29, 0.717) is 6.54 Å². The number of rotatable bonds is 6. The van der Waals surface area contributed by atoms with E-state index in [1.54, 1.807) is 12.1 Å². The lowest BCUT2D eigenvalue weighted by Crippen LogP contribution is -2.23. The highest BCUT2D eigenvalue weighted by Gasteiger charge is 2.31. The second kappa shape index (κ2) is 5.61. The van der Waals surface area contributed by atoms with E-state index >= 15 is 0 Å². The van der Waals surface area contributed by atoms with Crippen molar-refractivity contribution in [1.82, 2.24) is 5.32 Å². The Balaban J connectivity index is 1.86. The van der Waals surface area contributed by atoms with Gasteiger partial charge >= 0.3 is 0 Å². The number of sulfone groups is 1. The third-order valence-corrected chi connectivity index (χ3v) is 4.84. The van der Waals surface area contributed by atoms with Crippen LogP contribution in [-0.4, -0.2) is 32.9 Å². The summed E-state index contributed by atoms with van der Waals surface area (Å²) in [6.07, 6.45) is 1.85. The standard InChI is InChI=1S/C14H21NO3S/c1-10-7-12(10)8-15-9-14(16)11-3-5-13(6-4-11)19(2,17)18/h3-6,10,12,14-16H,7-9H2,1-2H3. The zero-order valence-electron chi connectivity index (χ0n) is 11.3. The Bertz CT molecular complexity index is 524. The van der Waals surface area contributed by atoms with Gasteiger partial charge in [0.25, 0.3) is 0 Å². The third kappa shape index (κ3) is 4.03. The summed E-state index contributed by atoms with van der Waals surface area (Å²) in [5, 5.41) is 13.3. The van der Waals surface area contributed by atoms with Gasteiger partial charge in [0, 0.05) is 12.8 Å². The number of aliphatic hydroxyl groups is 1. The van der Waals surface area contributed by atoms with Gasteiger partial charge in [-0.2, -0.15) is 0 Å². The van der Waals surface area contributed by atoms with Crippen molar-refractivity contribution in [1.29, 1.82) is 0 Å². The molecule has 19 heavy (non-hydrogen) atoms. The summed E-state index contributed by atoms with van der Waals surface area (Å²) in [6, 6.07) is 6.42. The fourth-order valence-corrected chi connectivity index (χ4v) is 2.77. The smallest absolute Gasteiger partial charge is 0.175 e. The van der Waals surface area contributed by atoms with Crippen LogP contribution in [-0.2, 0) is 9.84 Å². The van der Waals surface area contributed by atoms with Crippen molar-refractivity contribution in [3.05, 3.63) is 29.8 Å². The van der Waals surface area contributed by atoms with Crippen LogP contribution in [0, 0.1) is 11.8 Å². The molecule has 0 saturated heterocycles. The zero-order chi connectivity index (χ0) is 14.0. The van der Waals surface area contributed by atoms with Gasteiger partial charge < -0.3 is 10.4 Å². The molecule has 0 aliphatic heterocycles. The van der Waals surface area contributed by atoms with E-state index in [-0.39, 0.29) is 4.90 Å². The SMILES string of the molecule is CC1CC1CNCC(O)c1ccc(S(C)(=O)=O)cc1. The van der Waals surface area contributed by atoms with Gasteiger partial charge in [-0.05, 0) is 42.5 Å². The molecule has 1 aromatic rings. The van der Waals surface area contributed by atoms with Crippen LogP contribution in [0.25, 0.3) is 0 Å². The first-order valence-electron chi connectivity index (χ1n) is 6.56. The quantitative estimate of drug-likeness (QED) is 0.827. The van der Waals surface area contributed by atoms with Crippen molar-refractivity contribution < 1.29 is 13.5 Å². The van der Waals surface area contributed by atoms with Gasteiger partial charge in [-0.25, -0.2) is 8.42 Å². The van der Waals surface area contributed by atoms with Crippen molar-refractivity contribution in [2.45, 2.75) is 24.3 Å². The molecule has 0 aromatic heterocycles. The van der Waals surface area contributed by atoms with E-state index in [9.17, 15) is 13.5 Å². The van der Waals surface area contributed by atoms with Crippen LogP contribution in [0.4, 0.5) is 0 Å². The Kier molecular flexibility index (Phi) is 4.28. The summed E-state index contributed by atoms with van der Waals surface area (Å²) in [7, 11) is -3.17. The van der Waals surface area contributed by atoms with E-state index in [1.165, 1.54) is 24.8 Å². The van der Waals surface area contributed by atoms with E-state index < -0.39 is 15.9 Å². The number of hydrogen-bond acceptors (Lipinski definition) is 4. The van der Waals surface area contributed by atoms with Gasteiger partial charge in [0.15, 0.2) is 9.84 Å². The lowest BCUT2D eigenvalue weighted by molar-refractivity contribution is 0.174. The van der Waals surface area contributed by atoms with Gasteiger partial charge in [0.1, 0.15) is 0 Å². The number of nitrogens with one attached hydrogen (secondary N) is 1. The summed E-state index contributed by atoms with van der Waals surface area (Å²) in [6.45, 7) is 3.67. The molecule has 1 aliphatic carbocycles. The van der Waals surface area contributed by atoms with Crippen molar-refractivity contribution in [2.75, 3.05) is 19.3 Å². The summed E-state index contributed by atoms with van der Waals surface area (Å²) < 4.78 is 22.6. The topological polar surface area (TPSA) is 66.4 Å². The molecule has 0 heterocycles. The molecule has 1 aliphatic rings. The lowest BCUT2D eigenvalue weighted by atomic mass is 10.1. The number of benzene rings is 1. The Labute approximate surface area is 114 Å². The average molecular weight is 283 g/mol. The van der Waals surface area contributed by atoms with Crippen molar-refractivity contribution in [2.24, 2.45) is 11.8 Å². The predicted molar refractivity (Wildman–Crippen MR) is 74.7 cm³/mol. The van der Waals surface area contributed by atoms with Crippen LogP contribution >= 0.6 is 0 Å². The highest BCUT2D eigenvalue weighted by Crippen LogP contribution is 2.36. The molecular formula is C14H21NO3S. The molecule has 106 valence electrons. The summed E-state index contributed by atoms with van der Waals surface area (Å²) >= 11 is 0. The minimum Gasteiger partial charge on any atom is -0.387 e. The fraction of sp³-hybridized carbons (Fsp3) is 0.571. The molecule has 1 saturated carbocycles. The molecule has 1 aromatic carbocycles. The first-order valence-corrected chi connectivity index (χ1v) is 8.46. The maximum Gasteiger partial charge on any atom is 0.175 e. The molecular weight excluding hydrogens is 262 g/mol. The largest absolute Gasteiger partial charge is 0.387 e. The van der Waals surface area contributed by atoms with E-state index in [2.05, 4.69) is 12.2 Å². The van der Waals surface area contributed by atoms with E-state index in [4.69, 9.17) is 0 Å². The second-order valence-electron chi connectivity index (χ2n) is 5.49. The zero-order valence-corrected chi connectivity index (χ0v) is 12.2. The fourth-order valence-electron chi connectivity index (χ4n) is 2.14. The van der Waals surface area contributed by atoms with Crippen LogP contribution in [0.5, 0.6) is 0 Å². The summed E-state index contributed by atoms with van der Waals surface area (Å²) in [5.41, 5.74) is 0.740. The minimum absolute atomic E-state index is 0.281. The Morgan fingerprint density at radius 1 is 1.37 bits per heavy atom. The van der Waals surface area contributed by atoms with Crippen molar-refractivity contribution in [3.8, 4) is 0 Å². The normalized spacial score (nSPS) is 24.2. The molecule has 1 fully saturated rings. The molecule has 2 N–H and O–H groups in total. The molecule has 3 unspecified atom stereocenters. The van der Waals surface area contributed by atoms with Crippen LogP contribution < -0.4 is 5.32 Å². The van der Waals surface area contributed by atoms with E-state index in [0.717, 1.165) is 23.9 Å². The van der Waals surface area contributed by atoms with Crippen LogP contribution in [0.2, 0.25) is 0 Å². The molecule has 0 amide bonds. The van der Waals surface area contributed by atoms with E-state index in [1.807, 2.05) is 0 Å². The Hall–Kier alpha value is -0.910. The second-order valence-corrected chi connectivity index (χ2v) is 7.50. The molecule has 2 rings (SSSR count). The summed E-state index contributed by atoms with van der Waals surface area (Å²) in [4.78, 5) is 0.281. The molecule has 0 bridgehead atoms.